The number of guanidine groups is 1. The van der Waals surface area contributed by atoms with Crippen LogP contribution >= 0.6 is 0 Å². The van der Waals surface area contributed by atoms with E-state index in [1.807, 2.05) is 0 Å². The van der Waals surface area contributed by atoms with E-state index in [4.69, 9.17) is 11.5 Å². The molecule has 9 nitrogen and oxygen atoms in total. The van der Waals surface area contributed by atoms with Crippen molar-refractivity contribution in [2.75, 3.05) is 13.1 Å². The van der Waals surface area contributed by atoms with E-state index in [1.165, 1.54) is 51.4 Å². The molecule has 0 rings (SSSR count). The van der Waals surface area contributed by atoms with Gasteiger partial charge in [0, 0.05) is 13.1 Å². The van der Waals surface area contributed by atoms with Gasteiger partial charge in [0.05, 0.1) is 6.04 Å². The zero-order chi connectivity index (χ0) is 21.0. The van der Waals surface area contributed by atoms with Crippen LogP contribution in [0.15, 0.2) is 4.99 Å². The predicted molar refractivity (Wildman–Crippen MR) is 113 cm³/mol. The third-order valence-corrected chi connectivity index (χ3v) is 4.58. The summed E-state index contributed by atoms with van der Waals surface area (Å²) in [5.74, 6) is -0.336. The standard InChI is InChI=1S/C19H40N6O3/c1-2-3-4-5-6-7-8-9-10-12-15-22-18(26)17(20)14-11-13-16-23-19(21)24-25(27)28/h17H,2-16,20H2,1H3,(H,22,26)(H3,21,23,24). The minimum atomic E-state index is -0.756. The number of hydrazine groups is 1. The van der Waals surface area contributed by atoms with Gasteiger partial charge in [-0.2, -0.15) is 0 Å². The van der Waals surface area contributed by atoms with Crippen molar-refractivity contribution in [2.24, 2.45) is 16.5 Å². The molecule has 0 aromatic rings. The SMILES string of the molecule is CCCCCCCCCCCCNC(=O)C(N)CCCCN=C(N)N[N+](=O)[O-]. The van der Waals surface area contributed by atoms with E-state index in [1.54, 1.807) is 5.43 Å². The Morgan fingerprint density at radius 3 is 2.14 bits per heavy atom. The van der Waals surface area contributed by atoms with Crippen molar-refractivity contribution in [3.63, 3.8) is 0 Å². The number of carbonyl (C=O) groups is 1. The van der Waals surface area contributed by atoms with E-state index in [-0.39, 0.29) is 11.9 Å². The zero-order valence-electron chi connectivity index (χ0n) is 17.5. The molecule has 0 saturated heterocycles. The highest BCUT2D eigenvalue weighted by Crippen LogP contribution is 2.10. The van der Waals surface area contributed by atoms with Crippen LogP contribution in [0.1, 0.15) is 90.4 Å². The Balaban J connectivity index is 3.50. The molecule has 1 atom stereocenters. The summed E-state index contributed by atoms with van der Waals surface area (Å²) in [6.45, 7) is 3.27. The van der Waals surface area contributed by atoms with Crippen LogP contribution in [0.5, 0.6) is 0 Å². The number of rotatable bonds is 18. The van der Waals surface area contributed by atoms with E-state index in [2.05, 4.69) is 17.2 Å². The Morgan fingerprint density at radius 1 is 1.00 bits per heavy atom. The first-order chi connectivity index (χ1) is 13.5. The number of amides is 1. The number of nitrogens with one attached hydrogen (secondary N) is 2. The summed E-state index contributed by atoms with van der Waals surface area (Å²) in [7, 11) is 0. The third kappa shape index (κ3) is 17.5. The molecule has 0 saturated carbocycles. The molecule has 0 aromatic carbocycles. The highest BCUT2D eigenvalue weighted by Gasteiger charge is 2.11. The van der Waals surface area contributed by atoms with E-state index in [0.29, 0.717) is 32.4 Å². The number of carbonyl (C=O) groups excluding carboxylic acids is 1. The van der Waals surface area contributed by atoms with Crippen molar-refractivity contribution < 1.29 is 9.83 Å². The minimum Gasteiger partial charge on any atom is -0.365 e. The summed E-state index contributed by atoms with van der Waals surface area (Å²) in [4.78, 5) is 25.9. The summed E-state index contributed by atoms with van der Waals surface area (Å²) in [5, 5.41) is 12.3. The van der Waals surface area contributed by atoms with Gasteiger partial charge in [-0.05, 0) is 25.7 Å². The molecule has 9 heteroatoms. The molecule has 0 bridgehead atoms. The number of nitrogens with zero attached hydrogens (tertiary/aromatic N) is 2. The second kappa shape index (κ2) is 18.5. The van der Waals surface area contributed by atoms with Gasteiger partial charge < -0.3 is 16.8 Å². The topological polar surface area (TPSA) is 149 Å². The normalized spacial score (nSPS) is 12.6. The lowest BCUT2D eigenvalue weighted by Gasteiger charge is -2.12. The van der Waals surface area contributed by atoms with Gasteiger partial charge in [-0.15, -0.1) is 0 Å². The molecule has 0 spiro atoms. The minimum absolute atomic E-state index is 0.117. The maximum atomic E-state index is 11.9. The molecule has 0 aliphatic carbocycles. The Hall–Kier alpha value is -1.90. The summed E-state index contributed by atoms with van der Waals surface area (Å²) in [6, 6.07) is -0.527. The second-order valence-corrected chi connectivity index (χ2v) is 7.21. The van der Waals surface area contributed by atoms with Crippen LogP contribution < -0.4 is 22.2 Å². The largest absolute Gasteiger partial charge is 0.365 e. The molecule has 0 aromatic heterocycles. The molecule has 164 valence electrons. The average Bonchev–Trinajstić information content (AvgIpc) is 2.64. The molecular weight excluding hydrogens is 360 g/mol. The fraction of sp³-hybridized carbons (Fsp3) is 0.895. The van der Waals surface area contributed by atoms with E-state index in [0.717, 1.165) is 12.8 Å². The molecule has 0 radical (unpaired) electrons. The van der Waals surface area contributed by atoms with Crippen molar-refractivity contribution in [2.45, 2.75) is 96.4 Å². The van der Waals surface area contributed by atoms with Crippen LogP contribution in [0.3, 0.4) is 0 Å². The van der Waals surface area contributed by atoms with Gasteiger partial charge in [-0.25, -0.2) is 15.1 Å². The van der Waals surface area contributed by atoms with Gasteiger partial charge in [0.1, 0.15) is 0 Å². The summed E-state index contributed by atoms with van der Waals surface area (Å²) >= 11 is 0. The Kier molecular flexibility index (Phi) is 17.2. The quantitative estimate of drug-likeness (QED) is 0.0913. The summed E-state index contributed by atoms with van der Waals surface area (Å²) < 4.78 is 0. The lowest BCUT2D eigenvalue weighted by Crippen LogP contribution is -2.40. The number of hydrogen-bond acceptors (Lipinski definition) is 5. The highest BCUT2D eigenvalue weighted by molar-refractivity contribution is 5.81. The first-order valence-electron chi connectivity index (χ1n) is 10.7. The maximum absolute atomic E-state index is 11.9. The first kappa shape index (κ1) is 26.1. The number of aliphatic imine (C=N–C) groups is 1. The van der Waals surface area contributed by atoms with Crippen molar-refractivity contribution in [3.05, 3.63) is 10.1 Å². The maximum Gasteiger partial charge on any atom is 0.251 e. The predicted octanol–water partition coefficient (Wildman–Crippen LogP) is 2.62. The lowest BCUT2D eigenvalue weighted by atomic mass is 10.1. The molecule has 1 amide bonds. The monoisotopic (exact) mass is 400 g/mol. The zero-order valence-corrected chi connectivity index (χ0v) is 17.5. The Bertz CT molecular complexity index is 445. The number of hydrogen-bond donors (Lipinski definition) is 4. The average molecular weight is 401 g/mol. The van der Waals surface area contributed by atoms with Crippen molar-refractivity contribution in [3.8, 4) is 0 Å². The van der Waals surface area contributed by atoms with Crippen LogP contribution in [-0.2, 0) is 4.79 Å². The fourth-order valence-corrected chi connectivity index (χ4v) is 2.89. The summed E-state index contributed by atoms with van der Waals surface area (Å²) in [6.07, 6.45) is 14.6. The van der Waals surface area contributed by atoms with Crippen molar-refractivity contribution in [1.82, 2.24) is 10.7 Å². The molecule has 0 heterocycles. The molecule has 1 unspecified atom stereocenters. The third-order valence-electron chi connectivity index (χ3n) is 4.58. The fourth-order valence-electron chi connectivity index (χ4n) is 2.89. The van der Waals surface area contributed by atoms with E-state index < -0.39 is 11.1 Å². The number of unbranched alkanes of at least 4 members (excludes halogenated alkanes) is 10. The van der Waals surface area contributed by atoms with Gasteiger partial charge in [0.2, 0.25) is 5.91 Å². The number of nitro groups is 1. The van der Waals surface area contributed by atoms with Crippen LogP contribution in [-0.4, -0.2) is 36.0 Å². The molecule has 0 aliphatic heterocycles. The van der Waals surface area contributed by atoms with Gasteiger partial charge in [0.15, 0.2) is 5.03 Å². The molecule has 0 fully saturated rings. The van der Waals surface area contributed by atoms with E-state index in [9.17, 15) is 14.9 Å². The smallest absolute Gasteiger partial charge is 0.251 e. The van der Waals surface area contributed by atoms with Crippen molar-refractivity contribution in [1.29, 1.82) is 0 Å². The molecular formula is C19H40N6O3. The van der Waals surface area contributed by atoms with Gasteiger partial charge in [-0.3, -0.25) is 4.79 Å². The van der Waals surface area contributed by atoms with Gasteiger partial charge >= 0.3 is 0 Å². The molecule has 6 N–H and O–H groups in total. The first-order valence-corrected chi connectivity index (χ1v) is 10.7. The van der Waals surface area contributed by atoms with Gasteiger partial charge in [-0.1, -0.05) is 70.1 Å². The lowest BCUT2D eigenvalue weighted by molar-refractivity contribution is -0.525. The Morgan fingerprint density at radius 2 is 1.57 bits per heavy atom. The van der Waals surface area contributed by atoms with Crippen molar-refractivity contribution >= 4 is 11.9 Å². The van der Waals surface area contributed by atoms with Crippen LogP contribution in [0, 0.1) is 10.1 Å². The van der Waals surface area contributed by atoms with Crippen LogP contribution in [0.4, 0.5) is 0 Å². The number of nitrogens with two attached hydrogens (primary N) is 2. The van der Waals surface area contributed by atoms with Gasteiger partial charge in [0.25, 0.3) is 5.96 Å². The van der Waals surface area contributed by atoms with Crippen LogP contribution in [0.2, 0.25) is 0 Å². The Labute approximate surface area is 169 Å². The molecule has 28 heavy (non-hydrogen) atoms. The van der Waals surface area contributed by atoms with E-state index >= 15 is 0 Å². The molecule has 0 aliphatic rings. The van der Waals surface area contributed by atoms with Crippen LogP contribution in [0.25, 0.3) is 0 Å². The summed E-state index contributed by atoms with van der Waals surface area (Å²) in [5.41, 5.74) is 13.0. The second-order valence-electron chi connectivity index (χ2n) is 7.21. The highest BCUT2D eigenvalue weighted by atomic mass is 16.7.